The third kappa shape index (κ3) is 9.03. The number of alkyl halides is 9. The first-order valence-electron chi connectivity index (χ1n) is 14.2. The van der Waals surface area contributed by atoms with Gasteiger partial charge in [-0.15, -0.1) is 0 Å². The van der Waals surface area contributed by atoms with E-state index < -0.39 is 46.5 Å². The van der Waals surface area contributed by atoms with Crippen molar-refractivity contribution in [3.8, 4) is 0 Å². The van der Waals surface area contributed by atoms with E-state index in [-0.39, 0.29) is 30.7 Å². The van der Waals surface area contributed by atoms with Crippen LogP contribution in [0, 0.1) is 27.7 Å². The second-order valence-electron chi connectivity index (χ2n) is 11.3. The van der Waals surface area contributed by atoms with Crippen molar-refractivity contribution in [3.63, 3.8) is 0 Å². The SMILES string of the molecule is C=C(/C=C(\C=C(/C)C(F)(F)F)C(F)(F)F)C(=Nc1c(C)cc(C)cc1C(F)(F)F)N1CCCN(C(C)=Nc2c(C)cccc2C)C1. The summed E-state index contributed by atoms with van der Waals surface area (Å²) >= 11 is 0. The van der Waals surface area contributed by atoms with Crippen LogP contribution in [0.4, 0.5) is 50.9 Å². The van der Waals surface area contributed by atoms with Gasteiger partial charge in [0.05, 0.1) is 29.2 Å². The lowest BCUT2D eigenvalue weighted by molar-refractivity contribution is -0.137. The largest absolute Gasteiger partial charge is 0.418 e. The topological polar surface area (TPSA) is 31.2 Å². The molecule has 0 aromatic heterocycles. The summed E-state index contributed by atoms with van der Waals surface area (Å²) in [6.07, 6.45) is -14.4. The summed E-state index contributed by atoms with van der Waals surface area (Å²) in [5, 5.41) is 0. The molecule has 1 fully saturated rings. The van der Waals surface area contributed by atoms with E-state index in [1.807, 2.05) is 32.0 Å². The number of nitrogens with zero attached hydrogens (tertiary/aromatic N) is 4. The highest BCUT2D eigenvalue weighted by molar-refractivity contribution is 6.02. The lowest BCUT2D eigenvalue weighted by Gasteiger charge is -2.39. The van der Waals surface area contributed by atoms with Crippen molar-refractivity contribution in [2.45, 2.75) is 66.5 Å². The molecule has 250 valence electrons. The Bertz CT molecular complexity index is 1570. The van der Waals surface area contributed by atoms with Crippen LogP contribution in [0.3, 0.4) is 0 Å². The fourth-order valence-corrected chi connectivity index (χ4v) is 5.00. The van der Waals surface area contributed by atoms with Crippen LogP contribution in [0.25, 0.3) is 0 Å². The predicted molar refractivity (Wildman–Crippen MR) is 163 cm³/mol. The fraction of sp³-hybridized carbons (Fsp3) is 0.394. The lowest BCUT2D eigenvalue weighted by atomic mass is 10.0. The average molecular weight is 659 g/mol. The molecule has 13 heteroatoms. The minimum Gasteiger partial charge on any atom is -0.342 e. The summed E-state index contributed by atoms with van der Waals surface area (Å²) in [5.74, 6) is 0.201. The van der Waals surface area contributed by atoms with Gasteiger partial charge in [0.1, 0.15) is 11.7 Å². The van der Waals surface area contributed by atoms with Crippen molar-refractivity contribution in [1.82, 2.24) is 9.80 Å². The number of aryl methyl sites for hydroxylation is 4. The summed E-state index contributed by atoms with van der Waals surface area (Å²) < 4.78 is 124. The number of halogens is 9. The molecule has 0 bridgehead atoms. The van der Waals surface area contributed by atoms with E-state index in [2.05, 4.69) is 11.6 Å². The average Bonchev–Trinajstić information content (AvgIpc) is 2.92. The Balaban J connectivity index is 2.22. The highest BCUT2D eigenvalue weighted by Gasteiger charge is 2.38. The fourth-order valence-electron chi connectivity index (χ4n) is 5.00. The number of aliphatic imine (C=N–C) groups is 2. The third-order valence-corrected chi connectivity index (χ3v) is 7.40. The van der Waals surface area contributed by atoms with Gasteiger partial charge in [-0.2, -0.15) is 39.5 Å². The van der Waals surface area contributed by atoms with Crippen molar-refractivity contribution < 1.29 is 39.5 Å². The van der Waals surface area contributed by atoms with Crippen molar-refractivity contribution in [1.29, 1.82) is 0 Å². The molecule has 1 aliphatic heterocycles. The van der Waals surface area contributed by atoms with Crippen LogP contribution in [0.2, 0.25) is 0 Å². The smallest absolute Gasteiger partial charge is 0.342 e. The zero-order valence-corrected chi connectivity index (χ0v) is 26.3. The van der Waals surface area contributed by atoms with Gasteiger partial charge in [-0.1, -0.05) is 36.4 Å². The first-order valence-corrected chi connectivity index (χ1v) is 14.2. The summed E-state index contributed by atoms with van der Waals surface area (Å²) in [4.78, 5) is 12.3. The van der Waals surface area contributed by atoms with Gasteiger partial charge >= 0.3 is 18.5 Å². The van der Waals surface area contributed by atoms with Gasteiger partial charge in [-0.05, 0) is 82.9 Å². The highest BCUT2D eigenvalue weighted by Crippen LogP contribution is 2.40. The van der Waals surface area contributed by atoms with Crippen LogP contribution in [0.1, 0.15) is 48.1 Å². The number of rotatable bonds is 5. The quantitative estimate of drug-likeness (QED) is 0.139. The van der Waals surface area contributed by atoms with Crippen molar-refractivity contribution in [3.05, 3.63) is 93.6 Å². The Hall–Kier alpha value is -4.03. The maximum absolute atomic E-state index is 14.2. The molecule has 3 rings (SSSR count). The molecule has 2 aromatic carbocycles. The van der Waals surface area contributed by atoms with Crippen LogP contribution in [0.5, 0.6) is 0 Å². The molecule has 0 radical (unpaired) electrons. The molecule has 1 heterocycles. The van der Waals surface area contributed by atoms with Gasteiger partial charge in [0.25, 0.3) is 0 Å². The number of para-hydroxylation sites is 1. The standard InChI is InChI=1S/C33H35F9N4/c1-19-14-22(4)29(27(15-19)33(40,41)42)44-30(23(5)16-26(32(37,38)39)17-24(6)31(34,35)36)46-13-9-12-45(18-46)25(7)43-28-20(2)10-8-11-21(28)3/h8,10-11,14-17H,5,9,12-13,18H2,1-4,6-7H3/b24-17+,26-16+,43-25?,44-30?. The van der Waals surface area contributed by atoms with E-state index in [0.717, 1.165) is 22.9 Å². The molecular weight excluding hydrogens is 623 g/mol. The molecule has 1 saturated heterocycles. The molecule has 4 nitrogen and oxygen atoms in total. The zero-order valence-electron chi connectivity index (χ0n) is 26.3. The minimum atomic E-state index is -5.24. The van der Waals surface area contributed by atoms with Crippen LogP contribution >= 0.6 is 0 Å². The van der Waals surface area contributed by atoms with Gasteiger partial charge in [-0.25, -0.2) is 9.98 Å². The number of benzene rings is 2. The van der Waals surface area contributed by atoms with E-state index in [9.17, 15) is 39.5 Å². The molecule has 46 heavy (non-hydrogen) atoms. The molecule has 2 aromatic rings. The van der Waals surface area contributed by atoms with E-state index in [4.69, 9.17) is 4.99 Å². The van der Waals surface area contributed by atoms with E-state index >= 15 is 0 Å². The molecular formula is C33H35F9N4. The summed E-state index contributed by atoms with van der Waals surface area (Å²) in [6, 6.07) is 7.98. The maximum atomic E-state index is 14.2. The summed E-state index contributed by atoms with van der Waals surface area (Å²) in [6.45, 7) is 13.1. The Morgan fingerprint density at radius 2 is 1.35 bits per heavy atom. The van der Waals surface area contributed by atoms with Crippen molar-refractivity contribution >= 4 is 23.0 Å². The first kappa shape index (κ1) is 36.4. The molecule has 0 unspecified atom stereocenters. The van der Waals surface area contributed by atoms with Gasteiger partial charge < -0.3 is 9.80 Å². The Morgan fingerprint density at radius 3 is 1.89 bits per heavy atom. The first-order chi connectivity index (χ1) is 21.1. The second kappa shape index (κ2) is 13.8. The number of amidine groups is 2. The predicted octanol–water partition coefficient (Wildman–Crippen LogP) is 10.2. The molecule has 0 N–H and O–H groups in total. The van der Waals surface area contributed by atoms with E-state index in [1.165, 1.54) is 24.8 Å². The molecule has 0 aliphatic carbocycles. The van der Waals surface area contributed by atoms with Gasteiger partial charge in [0, 0.05) is 24.2 Å². The number of hydrogen-bond acceptors (Lipinski definition) is 2. The Labute approximate surface area is 262 Å². The second-order valence-corrected chi connectivity index (χ2v) is 11.3. The summed E-state index contributed by atoms with van der Waals surface area (Å²) in [5.41, 5.74) is -2.41. The van der Waals surface area contributed by atoms with Crippen molar-refractivity contribution in [2.24, 2.45) is 9.98 Å². The van der Waals surface area contributed by atoms with Crippen molar-refractivity contribution in [2.75, 3.05) is 19.8 Å². The molecule has 0 saturated carbocycles. The zero-order chi connectivity index (χ0) is 34.8. The Morgan fingerprint density at radius 1 is 0.761 bits per heavy atom. The number of allylic oxidation sites excluding steroid dienone is 3. The molecule has 0 spiro atoms. The normalized spacial score (nSPS) is 16.3. The monoisotopic (exact) mass is 658 g/mol. The Kier molecular flexibility index (Phi) is 10.9. The molecule has 1 aliphatic rings. The molecule has 0 amide bonds. The lowest BCUT2D eigenvalue weighted by Crippen LogP contribution is -2.49. The minimum absolute atomic E-state index is 0.0308. The van der Waals surface area contributed by atoms with Crippen LogP contribution in [0.15, 0.2) is 75.8 Å². The number of hydrogen-bond donors (Lipinski definition) is 0. The van der Waals surface area contributed by atoms with Crippen LogP contribution in [-0.2, 0) is 6.18 Å². The van der Waals surface area contributed by atoms with Gasteiger partial charge in [0.2, 0.25) is 0 Å². The highest BCUT2D eigenvalue weighted by atomic mass is 19.4. The van der Waals surface area contributed by atoms with Gasteiger partial charge in [-0.3, -0.25) is 0 Å². The van der Waals surface area contributed by atoms with Crippen LogP contribution < -0.4 is 0 Å². The van der Waals surface area contributed by atoms with E-state index in [1.54, 1.807) is 11.8 Å². The molecule has 0 atom stereocenters. The van der Waals surface area contributed by atoms with E-state index in [0.29, 0.717) is 37.4 Å². The van der Waals surface area contributed by atoms with Gasteiger partial charge in [0.15, 0.2) is 0 Å². The maximum Gasteiger partial charge on any atom is 0.418 e. The summed E-state index contributed by atoms with van der Waals surface area (Å²) in [7, 11) is 0. The van der Waals surface area contributed by atoms with Crippen LogP contribution in [-0.4, -0.2) is 53.6 Å². The third-order valence-electron chi connectivity index (χ3n) is 7.40.